The maximum atomic E-state index is 12.6. The summed E-state index contributed by atoms with van der Waals surface area (Å²) in [7, 11) is 3.25. The van der Waals surface area contributed by atoms with Crippen LogP contribution in [0.25, 0.3) is 0 Å². The fourth-order valence-electron chi connectivity index (χ4n) is 0.479. The molecule has 0 aromatic rings. The lowest BCUT2D eigenvalue weighted by Crippen LogP contribution is -2.09. The lowest BCUT2D eigenvalue weighted by Gasteiger charge is -2.04. The van der Waals surface area contributed by atoms with Crippen molar-refractivity contribution in [2.45, 2.75) is 27.2 Å². The summed E-state index contributed by atoms with van der Waals surface area (Å²) in [5.41, 5.74) is 0. The van der Waals surface area contributed by atoms with E-state index in [0.29, 0.717) is 0 Å². The summed E-state index contributed by atoms with van der Waals surface area (Å²) in [6, 6.07) is 0. The van der Waals surface area contributed by atoms with Crippen molar-refractivity contribution in [2.24, 2.45) is 0 Å². The topological polar surface area (TPSA) is 29.5 Å². The molecule has 0 N–H and O–H groups in total. The van der Waals surface area contributed by atoms with Crippen LogP contribution in [0.2, 0.25) is 0 Å². The van der Waals surface area contributed by atoms with E-state index in [0.717, 1.165) is 6.20 Å². The number of hydrogen-bond acceptors (Lipinski definition) is 3. The van der Waals surface area contributed by atoms with E-state index < -0.39 is 11.8 Å². The van der Waals surface area contributed by atoms with E-state index in [2.05, 4.69) is 18.6 Å². The molecule has 4 heteroatoms. The van der Waals surface area contributed by atoms with Crippen molar-refractivity contribution in [3.63, 3.8) is 0 Å². The molecule has 0 radical (unpaired) electrons. The Labute approximate surface area is 85.5 Å². The van der Waals surface area contributed by atoms with Gasteiger partial charge in [0.25, 0.3) is 0 Å². The number of rotatable bonds is 3. The highest BCUT2D eigenvalue weighted by molar-refractivity contribution is 5.85. The molecule has 0 aliphatic heterocycles. The molecule has 0 heterocycles. The second kappa shape index (κ2) is 10.0. The van der Waals surface area contributed by atoms with Gasteiger partial charge < -0.3 is 9.64 Å². The van der Waals surface area contributed by atoms with Gasteiger partial charge in [0, 0.05) is 20.3 Å². The van der Waals surface area contributed by atoms with Crippen molar-refractivity contribution in [3.8, 4) is 0 Å². The third-order valence-corrected chi connectivity index (χ3v) is 0.842. The smallest absolute Gasteiger partial charge is 0.368 e. The Morgan fingerprint density at radius 1 is 1.36 bits per heavy atom. The van der Waals surface area contributed by atoms with Crippen LogP contribution in [0, 0.1) is 0 Å². The monoisotopic (exact) mass is 205 g/mol. The molecule has 0 aliphatic carbocycles. The van der Waals surface area contributed by atoms with E-state index in [-0.39, 0.29) is 6.61 Å². The average Bonchev–Trinajstić information content (AvgIpc) is 2.04. The molecule has 0 atom stereocenters. The Balaban J connectivity index is 0. The third-order valence-electron chi connectivity index (χ3n) is 0.842. The second-order valence-electron chi connectivity index (χ2n) is 2.87. The highest BCUT2D eigenvalue weighted by Gasteiger charge is 2.08. The van der Waals surface area contributed by atoms with Crippen molar-refractivity contribution in [1.82, 2.24) is 4.90 Å². The van der Waals surface area contributed by atoms with Gasteiger partial charge >= 0.3 is 5.97 Å². The maximum absolute atomic E-state index is 12.6. The SMILES string of the molecule is CCC.CCOC(=O)/C(F)=C/N(C)C. The Morgan fingerprint density at radius 2 is 1.79 bits per heavy atom. The molecule has 0 rings (SSSR count). The minimum absolute atomic E-state index is 0.188. The lowest BCUT2D eigenvalue weighted by molar-refractivity contribution is -0.140. The average molecular weight is 205 g/mol. The Bertz CT molecular complexity index is 179. The highest BCUT2D eigenvalue weighted by atomic mass is 19.1. The first-order valence-corrected chi connectivity index (χ1v) is 4.70. The first-order chi connectivity index (χ1) is 6.49. The molecule has 0 amide bonds. The van der Waals surface area contributed by atoms with Gasteiger partial charge in [-0.15, -0.1) is 0 Å². The van der Waals surface area contributed by atoms with Gasteiger partial charge in [0.1, 0.15) is 0 Å². The van der Waals surface area contributed by atoms with Crippen molar-refractivity contribution in [2.75, 3.05) is 20.7 Å². The molecule has 0 fully saturated rings. The zero-order valence-electron chi connectivity index (χ0n) is 9.63. The molecule has 0 aromatic heterocycles. The summed E-state index contributed by atoms with van der Waals surface area (Å²) >= 11 is 0. The fraction of sp³-hybridized carbons (Fsp3) is 0.700. The van der Waals surface area contributed by atoms with Crippen molar-refractivity contribution in [3.05, 3.63) is 12.0 Å². The molecule has 0 aromatic carbocycles. The molecule has 84 valence electrons. The minimum atomic E-state index is -0.916. The van der Waals surface area contributed by atoms with Gasteiger partial charge in [-0.2, -0.15) is 4.39 Å². The maximum Gasteiger partial charge on any atom is 0.368 e. The predicted molar refractivity (Wildman–Crippen MR) is 55.5 cm³/mol. The quantitative estimate of drug-likeness (QED) is 0.523. The number of esters is 1. The molecule has 0 aliphatic rings. The summed E-state index contributed by atoms with van der Waals surface area (Å²) in [4.78, 5) is 12.0. The number of halogens is 1. The van der Waals surface area contributed by atoms with Crippen LogP contribution in [0.5, 0.6) is 0 Å². The van der Waals surface area contributed by atoms with Gasteiger partial charge in [-0.25, -0.2) is 4.79 Å². The molecular weight excluding hydrogens is 185 g/mol. The normalized spacial score (nSPS) is 10.0. The first kappa shape index (κ1) is 15.4. The summed E-state index contributed by atoms with van der Waals surface area (Å²) in [5, 5.41) is 0. The molecule has 0 saturated heterocycles. The second-order valence-corrected chi connectivity index (χ2v) is 2.87. The Morgan fingerprint density at radius 3 is 2.07 bits per heavy atom. The van der Waals surface area contributed by atoms with E-state index >= 15 is 0 Å². The van der Waals surface area contributed by atoms with Crippen LogP contribution in [-0.2, 0) is 9.53 Å². The molecule has 14 heavy (non-hydrogen) atoms. The summed E-state index contributed by atoms with van der Waals surface area (Å²) < 4.78 is 17.0. The molecule has 0 saturated carbocycles. The number of carbonyl (C=O) groups is 1. The van der Waals surface area contributed by atoms with E-state index in [1.54, 1.807) is 21.0 Å². The zero-order chi connectivity index (χ0) is 11.6. The summed E-state index contributed by atoms with van der Waals surface area (Å²) in [6.07, 6.45) is 2.32. The first-order valence-electron chi connectivity index (χ1n) is 4.70. The van der Waals surface area contributed by atoms with Gasteiger partial charge in [-0.1, -0.05) is 20.3 Å². The van der Waals surface area contributed by atoms with E-state index in [9.17, 15) is 9.18 Å². The van der Waals surface area contributed by atoms with Crippen LogP contribution < -0.4 is 0 Å². The van der Waals surface area contributed by atoms with Crippen LogP contribution >= 0.6 is 0 Å². The molecule has 0 bridgehead atoms. The number of hydrogen-bond donors (Lipinski definition) is 0. The van der Waals surface area contributed by atoms with Crippen molar-refractivity contribution in [1.29, 1.82) is 0 Å². The van der Waals surface area contributed by atoms with Crippen LogP contribution in [0.15, 0.2) is 12.0 Å². The van der Waals surface area contributed by atoms with Crippen molar-refractivity contribution >= 4 is 5.97 Å². The zero-order valence-corrected chi connectivity index (χ0v) is 9.63. The molecule has 0 unspecified atom stereocenters. The van der Waals surface area contributed by atoms with Crippen LogP contribution in [0.4, 0.5) is 4.39 Å². The van der Waals surface area contributed by atoms with Crippen LogP contribution in [-0.4, -0.2) is 31.6 Å². The third kappa shape index (κ3) is 10.9. The Hall–Kier alpha value is -1.06. The van der Waals surface area contributed by atoms with Gasteiger partial charge in [0.2, 0.25) is 5.83 Å². The standard InChI is InChI=1S/C7H12FNO2.C3H8/c1-4-11-7(10)6(8)5-9(2)3;1-3-2/h5H,4H2,1-3H3;3H2,1-2H3/b6-5-;. The Kier molecular flexibility index (Phi) is 11.0. The van der Waals surface area contributed by atoms with Gasteiger partial charge in [-0.3, -0.25) is 0 Å². The van der Waals surface area contributed by atoms with Gasteiger partial charge in [0.05, 0.1) is 6.61 Å². The summed E-state index contributed by atoms with van der Waals surface area (Å²) in [6.45, 7) is 6.06. The van der Waals surface area contributed by atoms with Crippen LogP contribution in [0.3, 0.4) is 0 Å². The fourth-order valence-corrected chi connectivity index (χ4v) is 0.479. The van der Waals surface area contributed by atoms with E-state index in [4.69, 9.17) is 0 Å². The summed E-state index contributed by atoms with van der Waals surface area (Å²) in [5.74, 6) is -1.79. The number of nitrogens with zero attached hydrogens (tertiary/aromatic N) is 1. The number of ether oxygens (including phenoxy) is 1. The lowest BCUT2D eigenvalue weighted by atomic mass is 10.5. The van der Waals surface area contributed by atoms with Gasteiger partial charge in [0.15, 0.2) is 0 Å². The largest absolute Gasteiger partial charge is 0.461 e. The highest BCUT2D eigenvalue weighted by Crippen LogP contribution is 1.99. The molecule has 0 spiro atoms. The van der Waals surface area contributed by atoms with Crippen molar-refractivity contribution < 1.29 is 13.9 Å². The van der Waals surface area contributed by atoms with Crippen LogP contribution in [0.1, 0.15) is 27.2 Å². The minimum Gasteiger partial charge on any atom is -0.461 e. The number of carbonyl (C=O) groups excluding carboxylic acids is 1. The van der Waals surface area contributed by atoms with E-state index in [1.807, 2.05) is 0 Å². The molecule has 3 nitrogen and oxygen atoms in total. The van der Waals surface area contributed by atoms with E-state index in [1.165, 1.54) is 11.3 Å². The molecular formula is C10H20FNO2. The predicted octanol–water partition coefficient (Wildman–Crippen LogP) is 2.34. The van der Waals surface area contributed by atoms with Gasteiger partial charge in [-0.05, 0) is 6.92 Å².